The fraction of sp³-hybridized carbons (Fsp3) is 0.467. The van der Waals surface area contributed by atoms with Gasteiger partial charge in [-0.05, 0) is 18.1 Å². The number of unbranched alkanes of at least 4 members (excludes halogenated alkanes) is 1. The van der Waals surface area contributed by atoms with Crippen molar-refractivity contribution in [2.24, 2.45) is 0 Å². The summed E-state index contributed by atoms with van der Waals surface area (Å²) < 4.78 is 10.1. The summed E-state index contributed by atoms with van der Waals surface area (Å²) in [4.78, 5) is 22.8. The number of benzene rings is 1. The zero-order valence-corrected chi connectivity index (χ0v) is 12.3. The van der Waals surface area contributed by atoms with Gasteiger partial charge in [0.2, 0.25) is 0 Å². The SMILES string of the molecule is CCCCOC(=O)NC(Cc1ccccc1OC)C(=O)O. The molecule has 6 heteroatoms. The van der Waals surface area contributed by atoms with E-state index in [0.29, 0.717) is 11.3 Å². The summed E-state index contributed by atoms with van der Waals surface area (Å²) in [6.07, 6.45) is 1.06. The third kappa shape index (κ3) is 5.72. The summed E-state index contributed by atoms with van der Waals surface area (Å²) in [5.41, 5.74) is 0.709. The summed E-state index contributed by atoms with van der Waals surface area (Å²) in [6.45, 7) is 2.26. The zero-order chi connectivity index (χ0) is 15.7. The van der Waals surface area contributed by atoms with Crippen LogP contribution in [0.2, 0.25) is 0 Å². The van der Waals surface area contributed by atoms with Gasteiger partial charge in [-0.25, -0.2) is 9.59 Å². The Bertz CT molecular complexity index is 475. The molecule has 2 N–H and O–H groups in total. The quantitative estimate of drug-likeness (QED) is 0.718. The third-order valence-electron chi connectivity index (χ3n) is 2.94. The Kier molecular flexibility index (Phi) is 7.08. The van der Waals surface area contributed by atoms with E-state index in [1.165, 1.54) is 7.11 Å². The lowest BCUT2D eigenvalue weighted by atomic mass is 10.1. The number of hydrogen-bond donors (Lipinski definition) is 2. The Morgan fingerprint density at radius 1 is 1.33 bits per heavy atom. The summed E-state index contributed by atoms with van der Waals surface area (Å²) in [7, 11) is 1.51. The predicted octanol–water partition coefficient (Wildman–Crippen LogP) is 2.22. The molecule has 0 aliphatic carbocycles. The Morgan fingerprint density at radius 3 is 2.67 bits per heavy atom. The first-order valence-corrected chi connectivity index (χ1v) is 6.86. The van der Waals surface area contributed by atoms with Gasteiger partial charge in [-0.3, -0.25) is 0 Å². The number of aliphatic carboxylic acids is 1. The van der Waals surface area contributed by atoms with Gasteiger partial charge < -0.3 is 19.9 Å². The number of carbonyl (C=O) groups excluding carboxylic acids is 1. The highest BCUT2D eigenvalue weighted by atomic mass is 16.5. The van der Waals surface area contributed by atoms with Crippen LogP contribution in [0.1, 0.15) is 25.3 Å². The number of ether oxygens (including phenoxy) is 2. The summed E-state index contributed by atoms with van der Waals surface area (Å²) >= 11 is 0. The zero-order valence-electron chi connectivity index (χ0n) is 12.3. The molecule has 0 aliphatic heterocycles. The van der Waals surface area contributed by atoms with E-state index in [2.05, 4.69) is 5.32 Å². The molecule has 0 spiro atoms. The van der Waals surface area contributed by atoms with E-state index in [0.717, 1.165) is 12.8 Å². The van der Waals surface area contributed by atoms with Gasteiger partial charge in [0.1, 0.15) is 11.8 Å². The molecule has 1 aromatic carbocycles. The van der Waals surface area contributed by atoms with Crippen molar-refractivity contribution in [2.45, 2.75) is 32.2 Å². The summed E-state index contributed by atoms with van der Waals surface area (Å²) in [6, 6.07) is 6.03. The number of methoxy groups -OCH3 is 1. The molecule has 1 aromatic rings. The van der Waals surface area contributed by atoms with Crippen LogP contribution in [-0.4, -0.2) is 36.9 Å². The molecule has 0 saturated heterocycles. The molecular weight excluding hydrogens is 274 g/mol. The van der Waals surface area contributed by atoms with Crippen molar-refractivity contribution in [1.29, 1.82) is 0 Å². The number of hydrogen-bond acceptors (Lipinski definition) is 4. The van der Waals surface area contributed by atoms with E-state index in [1.807, 2.05) is 6.92 Å². The second-order valence-corrected chi connectivity index (χ2v) is 4.54. The number of nitrogens with one attached hydrogen (secondary N) is 1. The Labute approximate surface area is 124 Å². The minimum Gasteiger partial charge on any atom is -0.496 e. The van der Waals surface area contributed by atoms with Gasteiger partial charge >= 0.3 is 12.1 Å². The van der Waals surface area contributed by atoms with E-state index in [-0.39, 0.29) is 13.0 Å². The number of carbonyl (C=O) groups is 2. The maximum absolute atomic E-state index is 11.5. The highest BCUT2D eigenvalue weighted by Gasteiger charge is 2.22. The molecule has 1 rings (SSSR count). The van der Waals surface area contributed by atoms with Crippen LogP contribution < -0.4 is 10.1 Å². The van der Waals surface area contributed by atoms with Crippen LogP contribution in [0.3, 0.4) is 0 Å². The second-order valence-electron chi connectivity index (χ2n) is 4.54. The normalized spacial score (nSPS) is 11.5. The molecule has 116 valence electrons. The number of amides is 1. The van der Waals surface area contributed by atoms with E-state index in [9.17, 15) is 14.7 Å². The number of carboxylic acid groups (broad SMARTS) is 1. The molecule has 0 aliphatic rings. The van der Waals surface area contributed by atoms with Crippen molar-refractivity contribution in [3.8, 4) is 5.75 Å². The Balaban J connectivity index is 2.65. The van der Waals surface area contributed by atoms with Gasteiger partial charge in [-0.1, -0.05) is 31.5 Å². The van der Waals surface area contributed by atoms with Crippen LogP contribution in [0.15, 0.2) is 24.3 Å². The number of carboxylic acids is 1. The van der Waals surface area contributed by atoms with Crippen molar-refractivity contribution in [3.05, 3.63) is 29.8 Å². The molecule has 0 radical (unpaired) electrons. The number of alkyl carbamates (subject to hydrolysis) is 1. The second kappa shape index (κ2) is 8.84. The lowest BCUT2D eigenvalue weighted by Crippen LogP contribution is -2.42. The maximum Gasteiger partial charge on any atom is 0.407 e. The van der Waals surface area contributed by atoms with Crippen LogP contribution >= 0.6 is 0 Å². The molecule has 1 atom stereocenters. The number of rotatable bonds is 8. The van der Waals surface area contributed by atoms with E-state index < -0.39 is 18.1 Å². The number of para-hydroxylation sites is 1. The van der Waals surface area contributed by atoms with Crippen LogP contribution in [0.4, 0.5) is 4.79 Å². The highest BCUT2D eigenvalue weighted by molar-refractivity contribution is 5.80. The standard InChI is InChI=1S/C15H21NO5/c1-3-4-9-21-15(19)16-12(14(17)18)10-11-7-5-6-8-13(11)20-2/h5-8,12H,3-4,9-10H2,1-2H3,(H,16,19)(H,17,18). The van der Waals surface area contributed by atoms with E-state index >= 15 is 0 Å². The van der Waals surface area contributed by atoms with Crippen LogP contribution in [-0.2, 0) is 16.0 Å². The fourth-order valence-corrected chi connectivity index (χ4v) is 1.78. The first-order valence-electron chi connectivity index (χ1n) is 6.86. The average molecular weight is 295 g/mol. The monoisotopic (exact) mass is 295 g/mol. The lowest BCUT2D eigenvalue weighted by molar-refractivity contribution is -0.139. The summed E-state index contributed by atoms with van der Waals surface area (Å²) in [5, 5.41) is 11.6. The minimum atomic E-state index is -1.12. The smallest absolute Gasteiger partial charge is 0.407 e. The highest BCUT2D eigenvalue weighted by Crippen LogP contribution is 2.19. The van der Waals surface area contributed by atoms with E-state index in [1.54, 1.807) is 24.3 Å². The molecule has 0 heterocycles. The Hall–Kier alpha value is -2.24. The fourth-order valence-electron chi connectivity index (χ4n) is 1.78. The van der Waals surface area contributed by atoms with Crippen molar-refractivity contribution < 1.29 is 24.2 Å². The van der Waals surface area contributed by atoms with Gasteiger partial charge in [0, 0.05) is 6.42 Å². The van der Waals surface area contributed by atoms with Gasteiger partial charge in [0.05, 0.1) is 13.7 Å². The van der Waals surface area contributed by atoms with Crippen LogP contribution in [0.25, 0.3) is 0 Å². The first kappa shape index (κ1) is 16.8. The maximum atomic E-state index is 11.5. The average Bonchev–Trinajstić information content (AvgIpc) is 2.47. The molecule has 0 saturated carbocycles. The topological polar surface area (TPSA) is 84.9 Å². The molecule has 1 unspecified atom stereocenters. The van der Waals surface area contributed by atoms with Gasteiger partial charge in [-0.15, -0.1) is 0 Å². The first-order chi connectivity index (χ1) is 10.1. The minimum absolute atomic E-state index is 0.127. The van der Waals surface area contributed by atoms with Gasteiger partial charge in [-0.2, -0.15) is 0 Å². The molecule has 0 aromatic heterocycles. The lowest BCUT2D eigenvalue weighted by Gasteiger charge is -2.16. The van der Waals surface area contributed by atoms with Gasteiger partial charge in [0.15, 0.2) is 0 Å². The Morgan fingerprint density at radius 2 is 2.05 bits per heavy atom. The molecular formula is C15H21NO5. The molecule has 6 nitrogen and oxygen atoms in total. The molecule has 0 bridgehead atoms. The van der Waals surface area contributed by atoms with Crippen LogP contribution in [0.5, 0.6) is 5.75 Å². The van der Waals surface area contributed by atoms with E-state index in [4.69, 9.17) is 9.47 Å². The predicted molar refractivity (Wildman–Crippen MR) is 77.5 cm³/mol. The van der Waals surface area contributed by atoms with Crippen molar-refractivity contribution in [2.75, 3.05) is 13.7 Å². The van der Waals surface area contributed by atoms with Crippen LogP contribution in [0, 0.1) is 0 Å². The summed E-state index contributed by atoms with van der Waals surface area (Å²) in [5.74, 6) is -0.529. The molecule has 1 amide bonds. The largest absolute Gasteiger partial charge is 0.496 e. The van der Waals surface area contributed by atoms with Gasteiger partial charge in [0.25, 0.3) is 0 Å². The van der Waals surface area contributed by atoms with Crippen molar-refractivity contribution in [3.63, 3.8) is 0 Å². The molecule has 21 heavy (non-hydrogen) atoms. The third-order valence-corrected chi connectivity index (χ3v) is 2.94. The van der Waals surface area contributed by atoms with Crippen molar-refractivity contribution >= 4 is 12.1 Å². The van der Waals surface area contributed by atoms with Crippen molar-refractivity contribution in [1.82, 2.24) is 5.32 Å². The molecule has 0 fully saturated rings.